The average molecular weight is 511 g/mol. The topological polar surface area (TPSA) is 163 Å². The van der Waals surface area contributed by atoms with E-state index in [0.717, 1.165) is 23.9 Å². The summed E-state index contributed by atoms with van der Waals surface area (Å²) in [5, 5.41) is 12.2. The number of rotatable bonds is 4. The summed E-state index contributed by atoms with van der Waals surface area (Å²) in [5.41, 5.74) is 13.4. The molecule has 0 spiro atoms. The van der Waals surface area contributed by atoms with Gasteiger partial charge in [0.1, 0.15) is 10.4 Å². The number of benzene rings is 1. The van der Waals surface area contributed by atoms with Crippen molar-refractivity contribution >= 4 is 61.5 Å². The first kappa shape index (κ1) is 21.3. The van der Waals surface area contributed by atoms with Crippen LogP contribution < -0.4 is 22.1 Å². The van der Waals surface area contributed by atoms with Crippen LogP contribution in [-0.2, 0) is 4.79 Å². The zero-order valence-electron chi connectivity index (χ0n) is 18.1. The maximum absolute atomic E-state index is 12.2. The third kappa shape index (κ3) is 3.69. The van der Waals surface area contributed by atoms with Gasteiger partial charge in [0, 0.05) is 30.1 Å². The summed E-state index contributed by atoms with van der Waals surface area (Å²) < 4.78 is 2.34. The van der Waals surface area contributed by atoms with Crippen molar-refractivity contribution in [2.75, 3.05) is 23.8 Å². The Balaban J connectivity index is 1.50. The molecule has 1 saturated carbocycles. The van der Waals surface area contributed by atoms with Crippen LogP contribution in [0.15, 0.2) is 29.0 Å². The van der Waals surface area contributed by atoms with Gasteiger partial charge in [0.25, 0.3) is 0 Å². The summed E-state index contributed by atoms with van der Waals surface area (Å²) in [4.78, 5) is 29.7. The number of halogens is 1. The highest BCUT2D eigenvalue weighted by Gasteiger charge is 2.40. The van der Waals surface area contributed by atoms with Crippen LogP contribution in [0, 0.1) is 5.41 Å². The molecule has 0 radical (unpaired) electrons. The number of nitrogens with one attached hydrogen (secondary N) is 2. The maximum atomic E-state index is 12.2. The van der Waals surface area contributed by atoms with E-state index in [0.29, 0.717) is 39.3 Å². The number of nitrogens with two attached hydrogens (primary N) is 2. The molecule has 0 unspecified atom stereocenters. The molecule has 4 aromatic rings. The lowest BCUT2D eigenvalue weighted by Crippen LogP contribution is -2.35. The van der Waals surface area contributed by atoms with E-state index in [-0.39, 0.29) is 17.9 Å². The number of hydrogen-bond acceptors (Lipinski definition) is 9. The molecule has 1 aromatic carbocycles. The molecule has 0 aliphatic heterocycles. The van der Waals surface area contributed by atoms with Crippen molar-refractivity contribution in [3.05, 3.63) is 29.0 Å². The molecule has 1 aliphatic carbocycles. The van der Waals surface area contributed by atoms with Crippen LogP contribution in [-0.4, -0.2) is 48.7 Å². The minimum absolute atomic E-state index is 0.0616. The van der Waals surface area contributed by atoms with Crippen LogP contribution in [0.4, 0.5) is 17.7 Å². The molecule has 3 heterocycles. The summed E-state index contributed by atoms with van der Waals surface area (Å²) in [5.74, 6) is 0.973. The maximum Gasteiger partial charge on any atom is 0.225 e. The first-order valence-corrected chi connectivity index (χ1v) is 11.3. The molecule has 3 aromatic heterocycles. The van der Waals surface area contributed by atoms with Crippen LogP contribution >= 0.6 is 15.9 Å². The Kier molecular flexibility index (Phi) is 5.04. The van der Waals surface area contributed by atoms with Gasteiger partial charge in [-0.15, -0.1) is 0 Å². The van der Waals surface area contributed by atoms with Crippen LogP contribution in [0.5, 0.6) is 0 Å². The molecular weight excluding hydrogens is 488 g/mol. The molecule has 6 N–H and O–H groups in total. The summed E-state index contributed by atoms with van der Waals surface area (Å²) in [6, 6.07) is 5.64. The van der Waals surface area contributed by atoms with Crippen molar-refractivity contribution in [2.45, 2.75) is 32.2 Å². The number of aromatic nitrogens is 6. The SMILES string of the molecule is CNC(=O)[C@]1(C)CC[C@@H](Nc2ncc3c(Br)nn(-c4ccc5nc(N)nc(N)c5c4)c3n2)C1. The second-order valence-electron chi connectivity index (χ2n) is 8.53. The molecule has 1 aliphatic rings. The van der Waals surface area contributed by atoms with E-state index in [1.165, 1.54) is 0 Å². The lowest BCUT2D eigenvalue weighted by Gasteiger charge is -2.22. The number of nitrogens with zero attached hydrogens (tertiary/aromatic N) is 6. The molecule has 0 saturated heterocycles. The van der Waals surface area contributed by atoms with Crippen LogP contribution in [0.2, 0.25) is 0 Å². The number of fused-ring (bicyclic) bond motifs is 2. The van der Waals surface area contributed by atoms with Crippen molar-refractivity contribution in [2.24, 2.45) is 5.41 Å². The molecule has 33 heavy (non-hydrogen) atoms. The molecule has 2 atom stereocenters. The second-order valence-corrected chi connectivity index (χ2v) is 9.28. The van der Waals surface area contributed by atoms with Gasteiger partial charge in [-0.25, -0.2) is 14.6 Å². The minimum Gasteiger partial charge on any atom is -0.383 e. The van der Waals surface area contributed by atoms with E-state index >= 15 is 0 Å². The number of nitrogen functional groups attached to an aromatic ring is 2. The van der Waals surface area contributed by atoms with Crippen molar-refractivity contribution < 1.29 is 4.79 Å². The largest absolute Gasteiger partial charge is 0.383 e. The number of carbonyl (C=O) groups is 1. The Morgan fingerprint density at radius 3 is 2.85 bits per heavy atom. The van der Waals surface area contributed by atoms with E-state index in [1.54, 1.807) is 17.9 Å². The zero-order valence-corrected chi connectivity index (χ0v) is 19.7. The van der Waals surface area contributed by atoms with Gasteiger partial charge >= 0.3 is 0 Å². The van der Waals surface area contributed by atoms with Crippen molar-refractivity contribution in [3.63, 3.8) is 0 Å². The number of amides is 1. The molecule has 1 amide bonds. The zero-order chi connectivity index (χ0) is 23.3. The standard InChI is InChI=1S/C21H23BrN10O/c1-21(18(33)25-2)6-5-10(8-21)27-20-26-9-13-15(22)31-32(17(13)30-20)11-3-4-14-12(7-11)16(23)29-19(24)28-14/h3-4,7,9-10H,5-6,8H2,1-2H3,(H,25,33)(H,26,27,30)(H4,23,24,28,29)/t10-,21-/m1/s1. The molecular formula is C21H23BrN10O. The van der Waals surface area contributed by atoms with Crippen molar-refractivity contribution in [3.8, 4) is 5.69 Å². The summed E-state index contributed by atoms with van der Waals surface area (Å²) in [6.07, 6.45) is 4.11. The smallest absolute Gasteiger partial charge is 0.225 e. The Morgan fingerprint density at radius 2 is 2.06 bits per heavy atom. The highest BCUT2D eigenvalue weighted by molar-refractivity contribution is 9.10. The van der Waals surface area contributed by atoms with Gasteiger partial charge in [0.05, 0.1) is 16.6 Å². The number of carbonyl (C=O) groups excluding carboxylic acids is 1. The summed E-state index contributed by atoms with van der Waals surface area (Å²) >= 11 is 3.50. The molecule has 5 rings (SSSR count). The van der Waals surface area contributed by atoms with E-state index in [4.69, 9.17) is 16.5 Å². The first-order valence-electron chi connectivity index (χ1n) is 10.5. The predicted molar refractivity (Wildman–Crippen MR) is 130 cm³/mol. The predicted octanol–water partition coefficient (Wildman–Crippen LogP) is 2.40. The molecule has 11 nitrogen and oxygen atoms in total. The summed E-state index contributed by atoms with van der Waals surface area (Å²) in [6.45, 7) is 1.99. The number of hydrogen-bond donors (Lipinski definition) is 4. The lowest BCUT2D eigenvalue weighted by molar-refractivity contribution is -0.129. The molecule has 170 valence electrons. The van der Waals surface area contributed by atoms with Crippen LogP contribution in [0.25, 0.3) is 27.6 Å². The van der Waals surface area contributed by atoms with Crippen LogP contribution in [0.3, 0.4) is 0 Å². The van der Waals surface area contributed by atoms with Gasteiger partial charge in [-0.05, 0) is 53.4 Å². The Bertz CT molecular complexity index is 1400. The third-order valence-corrected chi connectivity index (χ3v) is 6.79. The van der Waals surface area contributed by atoms with Gasteiger partial charge in [-0.3, -0.25) is 4.79 Å². The quantitative estimate of drug-likeness (QED) is 0.322. The lowest BCUT2D eigenvalue weighted by atomic mass is 9.87. The number of anilines is 3. The van der Waals surface area contributed by atoms with E-state index < -0.39 is 5.41 Å². The van der Waals surface area contributed by atoms with Gasteiger partial charge < -0.3 is 22.1 Å². The van der Waals surface area contributed by atoms with E-state index in [9.17, 15) is 4.79 Å². The monoisotopic (exact) mass is 510 g/mol. The average Bonchev–Trinajstić information content (AvgIpc) is 3.33. The fourth-order valence-electron chi connectivity index (χ4n) is 4.46. The van der Waals surface area contributed by atoms with Gasteiger partial charge in [-0.1, -0.05) is 6.92 Å². The second kappa shape index (κ2) is 7.80. The van der Waals surface area contributed by atoms with E-state index in [2.05, 4.69) is 46.6 Å². The molecule has 12 heteroatoms. The van der Waals surface area contributed by atoms with Crippen LogP contribution in [0.1, 0.15) is 26.2 Å². The van der Waals surface area contributed by atoms with E-state index in [1.807, 2.05) is 25.1 Å². The van der Waals surface area contributed by atoms with Crippen molar-refractivity contribution in [1.29, 1.82) is 0 Å². The summed E-state index contributed by atoms with van der Waals surface area (Å²) in [7, 11) is 1.67. The van der Waals surface area contributed by atoms with Gasteiger partial charge in [0.2, 0.25) is 17.8 Å². The fourth-order valence-corrected chi connectivity index (χ4v) is 4.90. The fraction of sp³-hybridized carbons (Fsp3) is 0.333. The third-order valence-electron chi connectivity index (χ3n) is 6.20. The van der Waals surface area contributed by atoms with Crippen molar-refractivity contribution in [1.82, 2.24) is 35.0 Å². The minimum atomic E-state index is -0.391. The van der Waals surface area contributed by atoms with Gasteiger partial charge in [-0.2, -0.15) is 15.1 Å². The Hall–Kier alpha value is -3.54. The normalized spacial score (nSPS) is 20.4. The molecule has 1 fully saturated rings. The Labute approximate surface area is 197 Å². The highest BCUT2D eigenvalue weighted by atomic mass is 79.9. The van der Waals surface area contributed by atoms with Gasteiger partial charge in [0.15, 0.2) is 5.65 Å². The first-order chi connectivity index (χ1) is 15.8. The Morgan fingerprint density at radius 1 is 1.24 bits per heavy atom. The molecule has 0 bridgehead atoms. The highest BCUT2D eigenvalue weighted by Crippen LogP contribution is 2.39.